The second kappa shape index (κ2) is 9.18. The second-order valence-electron chi connectivity index (χ2n) is 6.65. The third-order valence-corrected chi connectivity index (χ3v) is 4.46. The first-order chi connectivity index (χ1) is 16.0. The molecule has 0 aliphatic rings. The molecular formula is C23H17N3O7. The molecule has 0 unspecified atom stereocenters. The Labute approximate surface area is 186 Å². The molecule has 0 aliphatic carbocycles. The van der Waals surface area contributed by atoms with Crippen LogP contribution in [0.1, 0.15) is 17.3 Å². The summed E-state index contributed by atoms with van der Waals surface area (Å²) >= 11 is 0. The predicted molar refractivity (Wildman–Crippen MR) is 117 cm³/mol. The Morgan fingerprint density at radius 3 is 2.76 bits per heavy atom. The van der Waals surface area contributed by atoms with Crippen LogP contribution in [0.2, 0.25) is 0 Å². The molecule has 0 aliphatic heterocycles. The van der Waals surface area contributed by atoms with Gasteiger partial charge in [-0.05, 0) is 37.3 Å². The Hall–Kier alpha value is -4.73. The lowest BCUT2D eigenvalue weighted by molar-refractivity contribution is 0.0727. The van der Waals surface area contributed by atoms with Crippen LogP contribution in [-0.4, -0.2) is 33.7 Å². The number of esters is 1. The van der Waals surface area contributed by atoms with Gasteiger partial charge in [0.1, 0.15) is 11.6 Å². The Balaban J connectivity index is 1.77. The van der Waals surface area contributed by atoms with Gasteiger partial charge in [0.2, 0.25) is 5.88 Å². The minimum Gasteiger partial charge on any atom is -0.504 e. The standard InChI is InChI=1S/C23H17N3O7/c1-2-31-23(30)26-21-15(18-11-17(28)14-6-3-7-16(27)20(14)32-18)8-9-19(25-21)33-22(29)13-5-4-10-24-12-13/h3-12,27H,2H2,1H3,(H,25,26,30). The van der Waals surface area contributed by atoms with Crippen LogP contribution in [0.3, 0.4) is 0 Å². The van der Waals surface area contributed by atoms with E-state index in [0.29, 0.717) is 0 Å². The zero-order valence-electron chi connectivity index (χ0n) is 17.3. The first-order valence-electron chi connectivity index (χ1n) is 9.79. The topological polar surface area (TPSA) is 141 Å². The third kappa shape index (κ3) is 4.64. The number of phenols is 1. The van der Waals surface area contributed by atoms with E-state index in [2.05, 4.69) is 15.3 Å². The van der Waals surface area contributed by atoms with Crippen molar-refractivity contribution in [2.24, 2.45) is 0 Å². The fourth-order valence-corrected chi connectivity index (χ4v) is 2.99. The molecule has 0 spiro atoms. The maximum atomic E-state index is 12.6. The van der Waals surface area contributed by atoms with Crippen LogP contribution in [0.15, 0.2) is 70.1 Å². The molecule has 10 heteroatoms. The van der Waals surface area contributed by atoms with Gasteiger partial charge >= 0.3 is 12.1 Å². The first-order valence-corrected chi connectivity index (χ1v) is 9.79. The number of hydrogen-bond donors (Lipinski definition) is 2. The van der Waals surface area contributed by atoms with Crippen LogP contribution in [0.25, 0.3) is 22.3 Å². The number of carbonyl (C=O) groups excluding carboxylic acids is 2. The van der Waals surface area contributed by atoms with Crippen molar-refractivity contribution < 1.29 is 28.6 Å². The molecule has 0 fully saturated rings. The number of aromatic hydroxyl groups is 1. The van der Waals surface area contributed by atoms with Gasteiger partial charge < -0.3 is 19.0 Å². The molecule has 2 N–H and O–H groups in total. The zero-order chi connectivity index (χ0) is 23.4. The van der Waals surface area contributed by atoms with Gasteiger partial charge in [-0.3, -0.25) is 15.1 Å². The summed E-state index contributed by atoms with van der Waals surface area (Å²) in [6, 6.07) is 11.5. The largest absolute Gasteiger partial charge is 0.504 e. The molecular weight excluding hydrogens is 430 g/mol. The van der Waals surface area contributed by atoms with E-state index in [1.807, 2.05) is 0 Å². The molecule has 3 aromatic heterocycles. The Kier molecular flexibility index (Phi) is 5.98. The van der Waals surface area contributed by atoms with Crippen molar-refractivity contribution in [1.82, 2.24) is 9.97 Å². The monoisotopic (exact) mass is 447 g/mol. The quantitative estimate of drug-likeness (QED) is 0.438. The number of pyridine rings is 2. The van der Waals surface area contributed by atoms with Gasteiger partial charge in [0, 0.05) is 24.5 Å². The molecule has 0 saturated heterocycles. The van der Waals surface area contributed by atoms with Crippen LogP contribution in [0, 0.1) is 0 Å². The van der Waals surface area contributed by atoms with Gasteiger partial charge in [0.05, 0.1) is 23.1 Å². The number of anilines is 1. The number of carbonyl (C=O) groups is 2. The minimum absolute atomic E-state index is 0.0193. The van der Waals surface area contributed by atoms with Crippen LogP contribution in [0.5, 0.6) is 11.6 Å². The maximum Gasteiger partial charge on any atom is 0.412 e. The van der Waals surface area contributed by atoms with E-state index < -0.39 is 17.5 Å². The summed E-state index contributed by atoms with van der Waals surface area (Å²) in [5.41, 5.74) is -0.0174. The highest BCUT2D eigenvalue weighted by Crippen LogP contribution is 2.32. The van der Waals surface area contributed by atoms with E-state index in [-0.39, 0.29) is 51.9 Å². The number of benzene rings is 1. The van der Waals surface area contributed by atoms with Crippen LogP contribution in [0.4, 0.5) is 10.6 Å². The lowest BCUT2D eigenvalue weighted by Gasteiger charge is -2.12. The summed E-state index contributed by atoms with van der Waals surface area (Å²) in [6.45, 7) is 1.74. The average molecular weight is 447 g/mol. The van der Waals surface area contributed by atoms with Gasteiger partial charge in [-0.1, -0.05) is 6.07 Å². The lowest BCUT2D eigenvalue weighted by atomic mass is 10.1. The summed E-state index contributed by atoms with van der Waals surface area (Å²) in [7, 11) is 0. The summed E-state index contributed by atoms with van der Waals surface area (Å²) in [5.74, 6) is -1.10. The Morgan fingerprint density at radius 1 is 1.15 bits per heavy atom. The molecule has 4 aromatic rings. The molecule has 0 bridgehead atoms. The fraction of sp³-hybridized carbons (Fsp3) is 0.0870. The number of nitrogens with one attached hydrogen (secondary N) is 1. The molecule has 0 atom stereocenters. The van der Waals surface area contributed by atoms with E-state index in [4.69, 9.17) is 13.9 Å². The predicted octanol–water partition coefficient (Wildman–Crippen LogP) is 3.74. The van der Waals surface area contributed by atoms with Crippen molar-refractivity contribution in [3.8, 4) is 23.0 Å². The smallest absolute Gasteiger partial charge is 0.412 e. The van der Waals surface area contributed by atoms with Gasteiger partial charge in [0.15, 0.2) is 16.8 Å². The molecule has 166 valence electrons. The van der Waals surface area contributed by atoms with E-state index >= 15 is 0 Å². The molecule has 1 aromatic carbocycles. The molecule has 33 heavy (non-hydrogen) atoms. The number of phenolic OH excluding ortho intramolecular Hbond substituents is 1. The van der Waals surface area contributed by atoms with E-state index in [1.165, 1.54) is 54.9 Å². The molecule has 3 heterocycles. The van der Waals surface area contributed by atoms with Crippen molar-refractivity contribution >= 4 is 28.8 Å². The first kappa shape index (κ1) is 21.5. The van der Waals surface area contributed by atoms with Gasteiger partial charge in [-0.2, -0.15) is 4.98 Å². The van der Waals surface area contributed by atoms with Crippen LogP contribution >= 0.6 is 0 Å². The summed E-state index contributed by atoms with van der Waals surface area (Å²) < 4.78 is 15.9. The summed E-state index contributed by atoms with van der Waals surface area (Å²) in [4.78, 5) is 45.0. The number of aromatic nitrogens is 2. The van der Waals surface area contributed by atoms with Crippen molar-refractivity contribution in [3.63, 3.8) is 0 Å². The van der Waals surface area contributed by atoms with E-state index in [0.717, 1.165) is 0 Å². The maximum absolute atomic E-state index is 12.6. The number of ether oxygens (including phenoxy) is 2. The number of amides is 1. The summed E-state index contributed by atoms with van der Waals surface area (Å²) in [6.07, 6.45) is 2.04. The highest BCUT2D eigenvalue weighted by atomic mass is 16.6. The number of hydrogen-bond acceptors (Lipinski definition) is 9. The lowest BCUT2D eigenvalue weighted by Crippen LogP contribution is -2.16. The van der Waals surface area contributed by atoms with Gasteiger partial charge in [0.25, 0.3) is 0 Å². The highest BCUT2D eigenvalue weighted by molar-refractivity contribution is 5.92. The van der Waals surface area contributed by atoms with Gasteiger partial charge in [-0.15, -0.1) is 0 Å². The summed E-state index contributed by atoms with van der Waals surface area (Å²) in [5, 5.41) is 12.7. The minimum atomic E-state index is -0.812. The SMILES string of the molecule is CCOC(=O)Nc1nc(OC(=O)c2cccnc2)ccc1-c1cc(=O)c2cccc(O)c2o1. The Bertz CT molecular complexity index is 1400. The molecule has 1 amide bonds. The molecule has 0 radical (unpaired) electrons. The van der Waals surface area contributed by atoms with Crippen LogP contribution in [-0.2, 0) is 4.74 Å². The zero-order valence-corrected chi connectivity index (χ0v) is 17.3. The van der Waals surface area contributed by atoms with E-state index in [9.17, 15) is 19.5 Å². The van der Waals surface area contributed by atoms with Crippen molar-refractivity contribution in [2.45, 2.75) is 6.92 Å². The van der Waals surface area contributed by atoms with E-state index in [1.54, 1.807) is 13.0 Å². The number of para-hydroxylation sites is 1. The normalized spacial score (nSPS) is 10.6. The van der Waals surface area contributed by atoms with Crippen LogP contribution < -0.4 is 15.5 Å². The molecule has 10 nitrogen and oxygen atoms in total. The number of nitrogens with zero attached hydrogens (tertiary/aromatic N) is 2. The second-order valence-corrected chi connectivity index (χ2v) is 6.65. The number of fused-ring (bicyclic) bond motifs is 1. The number of rotatable bonds is 5. The molecule has 4 rings (SSSR count). The van der Waals surface area contributed by atoms with Crippen molar-refractivity contribution in [1.29, 1.82) is 0 Å². The van der Waals surface area contributed by atoms with Crippen molar-refractivity contribution in [2.75, 3.05) is 11.9 Å². The third-order valence-electron chi connectivity index (χ3n) is 4.46. The molecule has 0 saturated carbocycles. The average Bonchev–Trinajstić information content (AvgIpc) is 2.80. The highest BCUT2D eigenvalue weighted by Gasteiger charge is 2.18. The Morgan fingerprint density at radius 2 is 2.00 bits per heavy atom. The van der Waals surface area contributed by atoms with Gasteiger partial charge in [-0.25, -0.2) is 9.59 Å². The van der Waals surface area contributed by atoms with Crippen molar-refractivity contribution in [3.05, 3.63) is 76.7 Å². The fourth-order valence-electron chi connectivity index (χ4n) is 2.99.